The molecule has 2 aromatic carbocycles. The van der Waals surface area contributed by atoms with Gasteiger partial charge in [0.1, 0.15) is 0 Å². The minimum Gasteiger partial charge on any atom is -0.469 e. The van der Waals surface area contributed by atoms with Gasteiger partial charge < -0.3 is 9.64 Å². The summed E-state index contributed by atoms with van der Waals surface area (Å²) in [7, 11) is -1.83. The third-order valence-electron chi connectivity index (χ3n) is 7.07. The van der Waals surface area contributed by atoms with Crippen molar-refractivity contribution in [3.05, 3.63) is 64.7 Å². The lowest BCUT2D eigenvalue weighted by atomic mass is 9.79. The lowest BCUT2D eigenvalue weighted by Gasteiger charge is -2.38. The Morgan fingerprint density at radius 1 is 1.12 bits per heavy atom. The highest BCUT2D eigenvalue weighted by Gasteiger charge is 2.41. The molecule has 2 aliphatic heterocycles. The maximum Gasteiger partial charge on any atom is 0.310 e. The highest BCUT2D eigenvalue weighted by Crippen LogP contribution is 2.58. The maximum atomic E-state index is 12.8. The van der Waals surface area contributed by atoms with Gasteiger partial charge >= 0.3 is 5.97 Å². The van der Waals surface area contributed by atoms with Crippen molar-refractivity contribution in [3.8, 4) is 0 Å². The summed E-state index contributed by atoms with van der Waals surface area (Å²) in [5.74, 6) is -0.571. The molecule has 4 rings (SSSR count). The second kappa shape index (κ2) is 10.1. The van der Waals surface area contributed by atoms with Crippen molar-refractivity contribution >= 4 is 22.7 Å². The predicted octanol–water partition coefficient (Wildman–Crippen LogP) is 4.84. The van der Waals surface area contributed by atoms with Crippen molar-refractivity contribution in [1.82, 2.24) is 9.21 Å². The van der Waals surface area contributed by atoms with Crippen LogP contribution >= 0.6 is 10.8 Å². The number of fused-ring (bicyclic) bond motifs is 1. The summed E-state index contributed by atoms with van der Waals surface area (Å²) in [6.45, 7) is 6.55. The van der Waals surface area contributed by atoms with Gasteiger partial charge in [-0.25, -0.2) is 4.31 Å². The van der Waals surface area contributed by atoms with Gasteiger partial charge in [0.15, 0.2) is 0 Å². The Kier molecular flexibility index (Phi) is 7.33. The summed E-state index contributed by atoms with van der Waals surface area (Å²) in [5.41, 5.74) is 3.71. The highest BCUT2D eigenvalue weighted by atomic mass is 32.3. The van der Waals surface area contributed by atoms with E-state index in [9.17, 15) is 18.7 Å². The van der Waals surface area contributed by atoms with Crippen molar-refractivity contribution in [2.75, 3.05) is 33.3 Å². The Morgan fingerprint density at radius 3 is 2.59 bits per heavy atom. The molecule has 0 radical (unpaired) electrons. The number of aryl methyl sites for hydroxylation is 2. The molecule has 1 saturated heterocycles. The van der Waals surface area contributed by atoms with Crippen LogP contribution in [0.2, 0.25) is 0 Å². The molecule has 0 bridgehead atoms. The topological polar surface area (TPSA) is 90.3 Å². The van der Waals surface area contributed by atoms with Gasteiger partial charge in [-0.05, 0) is 75.4 Å². The molecule has 2 aliphatic rings. The number of benzene rings is 2. The summed E-state index contributed by atoms with van der Waals surface area (Å²) < 4.78 is 27.7. The van der Waals surface area contributed by atoms with Crippen LogP contribution in [0.5, 0.6) is 0 Å². The molecule has 1 fully saturated rings. The van der Waals surface area contributed by atoms with Crippen LogP contribution in [0.15, 0.2) is 47.4 Å². The first-order valence-electron chi connectivity index (χ1n) is 11.8. The summed E-state index contributed by atoms with van der Waals surface area (Å²) in [6.07, 6.45) is 2.32. The number of carbonyl (C=O) groups is 2. The number of rotatable bonds is 7. The van der Waals surface area contributed by atoms with Gasteiger partial charge in [0, 0.05) is 13.1 Å². The fraction of sp³-hybridized carbons (Fsp3) is 0.462. The third kappa shape index (κ3) is 4.73. The van der Waals surface area contributed by atoms with E-state index in [0.717, 1.165) is 31.5 Å². The number of hydrogen-bond donors (Lipinski definition) is 2. The lowest BCUT2D eigenvalue weighted by molar-refractivity contribution is -0.148. The van der Waals surface area contributed by atoms with Gasteiger partial charge in [0.2, 0.25) is 0 Å². The summed E-state index contributed by atoms with van der Waals surface area (Å²) >= 11 is 0. The zero-order valence-electron chi connectivity index (χ0n) is 20.1. The van der Waals surface area contributed by atoms with E-state index in [4.69, 9.17) is 4.74 Å². The average Bonchev–Trinajstić information content (AvgIpc) is 3.01. The van der Waals surface area contributed by atoms with Gasteiger partial charge in [-0.3, -0.25) is 18.7 Å². The van der Waals surface area contributed by atoms with Crippen molar-refractivity contribution < 1.29 is 23.4 Å². The summed E-state index contributed by atoms with van der Waals surface area (Å²) in [4.78, 5) is 28.0. The summed E-state index contributed by atoms with van der Waals surface area (Å²) in [6, 6.07) is 13.4. The Bertz CT molecular complexity index is 1070. The van der Waals surface area contributed by atoms with Crippen LogP contribution in [0, 0.1) is 19.8 Å². The Morgan fingerprint density at radius 2 is 1.85 bits per heavy atom. The van der Waals surface area contributed by atoms with Crippen LogP contribution in [-0.2, 0) is 9.53 Å². The molecule has 2 heterocycles. The van der Waals surface area contributed by atoms with Gasteiger partial charge in [-0.2, -0.15) is 0 Å². The quantitative estimate of drug-likeness (QED) is 0.430. The molecule has 2 aromatic rings. The molecule has 7 nitrogen and oxygen atoms in total. The fourth-order valence-electron chi connectivity index (χ4n) is 5.23. The number of nitrogens with zero attached hydrogens (tertiary/aromatic N) is 2. The number of unbranched alkanes of at least 4 members (excludes halogenated alkanes) is 1. The molecular formula is C26H34N2O5S. The maximum absolute atomic E-state index is 12.8. The van der Waals surface area contributed by atoms with Crippen molar-refractivity contribution in [2.45, 2.75) is 43.9 Å². The lowest BCUT2D eigenvalue weighted by Crippen LogP contribution is -2.44. The van der Waals surface area contributed by atoms with Crippen molar-refractivity contribution in [1.29, 1.82) is 0 Å². The number of amides is 1. The van der Waals surface area contributed by atoms with Crippen LogP contribution in [-0.4, -0.2) is 63.5 Å². The Labute approximate surface area is 203 Å². The summed E-state index contributed by atoms with van der Waals surface area (Å²) in [5, 5.41) is 0. The molecule has 0 aromatic heterocycles. The molecule has 2 N–H and O–H groups in total. The zero-order valence-corrected chi connectivity index (χ0v) is 20.9. The normalized spacial score (nSPS) is 23.0. The zero-order chi connectivity index (χ0) is 24.5. The number of carbonyl (C=O) groups excluding carboxylic acids is 2. The molecule has 184 valence electrons. The Balaban J connectivity index is 1.34. The third-order valence-corrected chi connectivity index (χ3v) is 8.98. The molecule has 2 atom stereocenters. The minimum absolute atomic E-state index is 0.141. The smallest absolute Gasteiger partial charge is 0.310 e. The molecule has 0 spiro atoms. The highest BCUT2D eigenvalue weighted by molar-refractivity contribution is 8.23. The van der Waals surface area contributed by atoms with E-state index in [0.29, 0.717) is 23.4 Å². The average molecular weight is 487 g/mol. The molecule has 1 amide bonds. The molecule has 1 unspecified atom stereocenters. The van der Waals surface area contributed by atoms with E-state index in [1.165, 1.54) is 22.5 Å². The number of likely N-dealkylation sites (tertiary alicyclic amines) is 1. The molecule has 0 aliphatic carbocycles. The predicted molar refractivity (Wildman–Crippen MR) is 133 cm³/mol. The van der Waals surface area contributed by atoms with E-state index >= 15 is 0 Å². The van der Waals surface area contributed by atoms with E-state index in [1.807, 2.05) is 19.1 Å². The number of ether oxygens (including phenoxy) is 1. The van der Waals surface area contributed by atoms with E-state index < -0.39 is 10.8 Å². The first-order valence-corrected chi connectivity index (χ1v) is 13.3. The molecular weight excluding hydrogens is 452 g/mol. The number of methoxy groups -OCH3 is 1. The second-order valence-electron chi connectivity index (χ2n) is 9.31. The second-order valence-corrected chi connectivity index (χ2v) is 11.2. The fourth-order valence-corrected chi connectivity index (χ4v) is 6.87. The van der Waals surface area contributed by atoms with Crippen molar-refractivity contribution in [3.63, 3.8) is 0 Å². The van der Waals surface area contributed by atoms with Crippen LogP contribution < -0.4 is 0 Å². The van der Waals surface area contributed by atoms with E-state index in [2.05, 4.69) is 24.0 Å². The monoisotopic (exact) mass is 486 g/mol. The van der Waals surface area contributed by atoms with Crippen LogP contribution in [0.25, 0.3) is 0 Å². The number of hydrogen-bond acceptors (Lipinski definition) is 6. The Hall–Kier alpha value is -2.39. The van der Waals surface area contributed by atoms with Crippen LogP contribution in [0.1, 0.15) is 52.2 Å². The van der Waals surface area contributed by atoms with Crippen molar-refractivity contribution in [2.24, 2.45) is 5.92 Å². The molecule has 8 heteroatoms. The van der Waals surface area contributed by atoms with E-state index in [1.54, 1.807) is 18.2 Å². The number of esters is 1. The largest absolute Gasteiger partial charge is 0.469 e. The van der Waals surface area contributed by atoms with Crippen LogP contribution in [0.3, 0.4) is 0 Å². The minimum atomic E-state index is -3.27. The van der Waals surface area contributed by atoms with Gasteiger partial charge in [-0.1, -0.05) is 46.7 Å². The SMILES string of the molecule is COC(=O)C1CN(CCCCN2C(=O)c3cc(C)ccc3S2(O)O)CC[C@@H]1c1ccccc1C. The first-order chi connectivity index (χ1) is 16.2. The standard InChI is InChI=1S/C26H34N2O5S/c1-18-10-11-24-22(16-18)25(29)28(34(24,31)32)14-7-6-13-27-15-12-21(23(17-27)26(30)33-3)20-9-5-4-8-19(20)2/h4-5,8-11,16,21,23,31-32H,6-7,12-15,17H2,1-3H3/t21-,23?/m1/s1. The number of piperidine rings is 1. The van der Waals surface area contributed by atoms with E-state index in [-0.39, 0.29) is 30.3 Å². The first kappa shape index (κ1) is 24.7. The van der Waals surface area contributed by atoms with Crippen LogP contribution in [0.4, 0.5) is 0 Å². The van der Waals surface area contributed by atoms with Gasteiger partial charge in [-0.15, -0.1) is 0 Å². The molecule has 0 saturated carbocycles. The van der Waals surface area contributed by atoms with Gasteiger partial charge in [0.25, 0.3) is 5.91 Å². The van der Waals surface area contributed by atoms with Gasteiger partial charge in [0.05, 0.1) is 23.5 Å². The molecule has 34 heavy (non-hydrogen) atoms.